The van der Waals surface area contributed by atoms with Gasteiger partial charge in [-0.2, -0.15) is 5.10 Å². The van der Waals surface area contributed by atoms with Crippen molar-refractivity contribution in [3.8, 4) is 5.75 Å². The molecule has 0 bridgehead atoms. The zero-order valence-corrected chi connectivity index (χ0v) is 24.3. The third kappa shape index (κ3) is 7.25. The number of nitrogens with zero attached hydrogens (tertiary/aromatic N) is 5. The number of ether oxygens (including phenoxy) is 1. The van der Waals surface area contributed by atoms with E-state index >= 15 is 0 Å². The molecule has 2 aliphatic heterocycles. The van der Waals surface area contributed by atoms with E-state index in [-0.39, 0.29) is 17.7 Å². The fourth-order valence-electron chi connectivity index (χ4n) is 5.77. The highest BCUT2D eigenvalue weighted by molar-refractivity contribution is 6.05. The molecule has 44 heavy (non-hydrogen) atoms. The normalized spacial score (nSPS) is 17.2. The van der Waals surface area contributed by atoms with Crippen LogP contribution in [0, 0.1) is 0 Å². The van der Waals surface area contributed by atoms with Crippen LogP contribution >= 0.6 is 0 Å². The summed E-state index contributed by atoms with van der Waals surface area (Å²) in [6.07, 6.45) is -3.34. The largest absolute Gasteiger partial charge is 0.573 e. The molecule has 3 aromatic rings. The number of alkyl halides is 3. The van der Waals surface area contributed by atoms with Crippen LogP contribution in [0.25, 0.3) is 0 Å². The van der Waals surface area contributed by atoms with Gasteiger partial charge in [0.1, 0.15) is 11.6 Å². The summed E-state index contributed by atoms with van der Waals surface area (Å²) in [5.74, 6) is -0.375. The lowest BCUT2D eigenvalue weighted by molar-refractivity contribution is -0.274. The van der Waals surface area contributed by atoms with Gasteiger partial charge in [0.05, 0.1) is 12.1 Å². The minimum Gasteiger partial charge on any atom is -0.406 e. The van der Waals surface area contributed by atoms with E-state index in [4.69, 9.17) is 0 Å². The van der Waals surface area contributed by atoms with Gasteiger partial charge in [0.15, 0.2) is 0 Å². The fourth-order valence-corrected chi connectivity index (χ4v) is 5.77. The zero-order chi connectivity index (χ0) is 31.3. The van der Waals surface area contributed by atoms with Crippen molar-refractivity contribution in [2.45, 2.75) is 44.8 Å². The Kier molecular flexibility index (Phi) is 9.00. The summed E-state index contributed by atoms with van der Waals surface area (Å²) in [4.78, 5) is 32.4. The quantitative estimate of drug-likeness (QED) is 0.199. The predicted molar refractivity (Wildman–Crippen MR) is 162 cm³/mol. The van der Waals surface area contributed by atoms with Gasteiger partial charge in [-0.15, -0.1) is 18.3 Å². The van der Waals surface area contributed by atoms with Crippen molar-refractivity contribution in [2.24, 2.45) is 10.2 Å². The number of amides is 3. The van der Waals surface area contributed by atoms with Crippen molar-refractivity contribution in [1.82, 2.24) is 15.1 Å². The maximum Gasteiger partial charge on any atom is 0.573 e. The van der Waals surface area contributed by atoms with Crippen molar-refractivity contribution in [1.29, 1.82) is 0 Å². The number of carbonyl (C=O) groups is 2. The average molecular weight is 607 g/mol. The van der Waals surface area contributed by atoms with Gasteiger partial charge in [-0.05, 0) is 67.3 Å². The molecule has 0 unspecified atom stereocenters. The van der Waals surface area contributed by atoms with Crippen LogP contribution in [-0.4, -0.2) is 65.8 Å². The molecule has 2 heterocycles. The number of carbonyl (C=O) groups excluding carboxylic acids is 2. The van der Waals surface area contributed by atoms with Crippen molar-refractivity contribution in [3.63, 3.8) is 0 Å². The standard InChI is InChI=1S/C32H33F3N6O3/c1-23(38-36-2)37-29(42)26-10-8-25(9-11-26)21-41-30(43)40(27-12-14-28(15-13-27)44-32(33,34)35)22-31(41)16-18-39(19-17-31)20-24-6-4-3-5-7-24/h3-15H,2,16-22H2,1H3,(H,37,38,42). The average Bonchev–Trinajstić information content (AvgIpc) is 3.25. The molecular formula is C32H33F3N6O3. The molecule has 0 saturated carbocycles. The summed E-state index contributed by atoms with van der Waals surface area (Å²) in [6.45, 7) is 7.97. The molecule has 1 N–H and O–H groups in total. The number of likely N-dealkylation sites (tertiary alicyclic amines) is 1. The molecular weight excluding hydrogens is 573 g/mol. The number of benzene rings is 3. The summed E-state index contributed by atoms with van der Waals surface area (Å²) in [6, 6.07) is 22.4. The number of anilines is 1. The predicted octanol–water partition coefficient (Wildman–Crippen LogP) is 5.83. The van der Waals surface area contributed by atoms with Gasteiger partial charge in [0.25, 0.3) is 5.91 Å². The first-order valence-corrected chi connectivity index (χ1v) is 14.2. The molecule has 0 radical (unpaired) electrons. The van der Waals surface area contributed by atoms with Crippen LogP contribution < -0.4 is 15.0 Å². The van der Waals surface area contributed by atoms with E-state index in [1.54, 1.807) is 24.0 Å². The molecule has 230 valence electrons. The smallest absolute Gasteiger partial charge is 0.406 e. The van der Waals surface area contributed by atoms with Crippen molar-refractivity contribution in [2.75, 3.05) is 24.5 Å². The second-order valence-electron chi connectivity index (χ2n) is 11.0. The molecule has 2 aliphatic rings. The maximum absolute atomic E-state index is 14.0. The molecule has 3 aromatic carbocycles. The molecule has 0 aromatic heterocycles. The monoisotopic (exact) mass is 606 g/mol. The van der Waals surface area contributed by atoms with Gasteiger partial charge < -0.3 is 15.0 Å². The Balaban J connectivity index is 1.35. The van der Waals surface area contributed by atoms with E-state index in [9.17, 15) is 22.8 Å². The Morgan fingerprint density at radius 3 is 2.20 bits per heavy atom. The third-order valence-electron chi connectivity index (χ3n) is 7.98. The van der Waals surface area contributed by atoms with Crippen LogP contribution in [0.5, 0.6) is 5.75 Å². The van der Waals surface area contributed by atoms with Crippen LogP contribution in [0.15, 0.2) is 89.1 Å². The minimum absolute atomic E-state index is 0.225. The van der Waals surface area contributed by atoms with Gasteiger partial charge in [-0.1, -0.05) is 42.5 Å². The van der Waals surface area contributed by atoms with Crippen LogP contribution in [0.4, 0.5) is 23.7 Å². The van der Waals surface area contributed by atoms with Crippen LogP contribution in [0.2, 0.25) is 0 Å². The van der Waals surface area contributed by atoms with E-state index in [1.165, 1.54) is 29.8 Å². The van der Waals surface area contributed by atoms with Crippen LogP contribution in [-0.2, 0) is 13.1 Å². The number of nitrogens with one attached hydrogen (secondary N) is 1. The van der Waals surface area contributed by atoms with E-state index in [0.29, 0.717) is 30.2 Å². The van der Waals surface area contributed by atoms with Gasteiger partial charge >= 0.3 is 12.4 Å². The van der Waals surface area contributed by atoms with Gasteiger partial charge in [-0.3, -0.25) is 14.6 Å². The first-order chi connectivity index (χ1) is 21.0. The number of hydrogen-bond acceptors (Lipinski definition) is 6. The lowest BCUT2D eigenvalue weighted by Crippen LogP contribution is -2.54. The summed E-state index contributed by atoms with van der Waals surface area (Å²) in [5, 5.41) is 9.74. The fraction of sp³-hybridized carbons (Fsp3) is 0.312. The molecule has 2 saturated heterocycles. The topological polar surface area (TPSA) is 89.8 Å². The highest BCUT2D eigenvalue weighted by Gasteiger charge is 2.51. The van der Waals surface area contributed by atoms with Gasteiger partial charge in [0, 0.05) is 44.1 Å². The number of piperidine rings is 1. The second kappa shape index (κ2) is 12.9. The highest BCUT2D eigenvalue weighted by atomic mass is 19.4. The maximum atomic E-state index is 14.0. The number of halogens is 3. The van der Waals surface area contributed by atoms with E-state index in [1.807, 2.05) is 35.2 Å². The molecule has 9 nitrogen and oxygen atoms in total. The Hall–Kier alpha value is -4.71. The molecule has 1 spiro atoms. The summed E-state index contributed by atoms with van der Waals surface area (Å²) >= 11 is 0. The molecule has 12 heteroatoms. The third-order valence-corrected chi connectivity index (χ3v) is 7.98. The first-order valence-electron chi connectivity index (χ1n) is 14.2. The molecule has 3 amide bonds. The summed E-state index contributed by atoms with van der Waals surface area (Å²) < 4.78 is 42.1. The first kappa shape index (κ1) is 30.7. The van der Waals surface area contributed by atoms with E-state index < -0.39 is 11.9 Å². The Morgan fingerprint density at radius 2 is 1.59 bits per heavy atom. The van der Waals surface area contributed by atoms with Crippen LogP contribution in [0.1, 0.15) is 41.3 Å². The number of hydrogen-bond donors (Lipinski definition) is 1. The lowest BCUT2D eigenvalue weighted by Gasteiger charge is -2.44. The number of amidine groups is 1. The van der Waals surface area contributed by atoms with E-state index in [0.717, 1.165) is 38.0 Å². The molecule has 5 rings (SSSR count). The van der Waals surface area contributed by atoms with Crippen LogP contribution in [0.3, 0.4) is 0 Å². The number of rotatable bonds is 8. The minimum atomic E-state index is -4.80. The Bertz CT molecular complexity index is 1500. The molecule has 2 fully saturated rings. The van der Waals surface area contributed by atoms with Gasteiger partial charge in [0.2, 0.25) is 0 Å². The summed E-state index contributed by atoms with van der Waals surface area (Å²) in [5.41, 5.74) is 2.50. The molecule has 0 atom stereocenters. The van der Waals surface area contributed by atoms with Crippen molar-refractivity contribution < 1.29 is 27.5 Å². The lowest BCUT2D eigenvalue weighted by atomic mass is 9.86. The Morgan fingerprint density at radius 1 is 0.955 bits per heavy atom. The van der Waals surface area contributed by atoms with Crippen molar-refractivity contribution >= 4 is 30.2 Å². The zero-order valence-electron chi connectivity index (χ0n) is 24.3. The molecule has 0 aliphatic carbocycles. The summed E-state index contributed by atoms with van der Waals surface area (Å²) in [7, 11) is 0. The SMILES string of the molecule is C=N/N=C(\C)NC(=O)c1ccc(CN2C(=O)N(c3ccc(OC(F)(F)F)cc3)CC23CCN(Cc2ccccc2)CC3)cc1. The van der Waals surface area contributed by atoms with Crippen molar-refractivity contribution in [3.05, 3.63) is 95.6 Å². The highest BCUT2D eigenvalue weighted by Crippen LogP contribution is 2.40. The Labute approximate surface area is 253 Å². The van der Waals surface area contributed by atoms with Gasteiger partial charge in [-0.25, -0.2) is 4.79 Å². The second-order valence-corrected chi connectivity index (χ2v) is 11.0. The number of urea groups is 1. The van der Waals surface area contributed by atoms with E-state index in [2.05, 4.69) is 44.0 Å².